The van der Waals surface area contributed by atoms with Crippen molar-refractivity contribution in [1.82, 2.24) is 15.5 Å². The van der Waals surface area contributed by atoms with E-state index in [1.807, 2.05) is 62.4 Å². The molecule has 0 aliphatic carbocycles. The first-order valence-electron chi connectivity index (χ1n) is 7.36. The molecule has 0 fully saturated rings. The van der Waals surface area contributed by atoms with Gasteiger partial charge < -0.3 is 9.73 Å². The molecule has 1 aromatic heterocycles. The number of aryl methyl sites for hydroxylation is 2. The third-order valence-corrected chi connectivity index (χ3v) is 3.45. The van der Waals surface area contributed by atoms with Crippen LogP contribution in [0.1, 0.15) is 27.4 Å². The highest BCUT2D eigenvalue weighted by atomic mass is 16.4. The molecule has 23 heavy (non-hydrogen) atoms. The Morgan fingerprint density at radius 2 is 1.83 bits per heavy atom. The van der Waals surface area contributed by atoms with E-state index >= 15 is 0 Å². The van der Waals surface area contributed by atoms with Gasteiger partial charge in [0.1, 0.15) is 0 Å². The summed E-state index contributed by atoms with van der Waals surface area (Å²) in [6, 6.07) is 15.6. The van der Waals surface area contributed by atoms with Gasteiger partial charge in [0.25, 0.3) is 0 Å². The SMILES string of the molecule is Cc1ccc(-c2nnc(C(=O)NCc3cccc(C)c3)o2)cc1. The lowest BCUT2D eigenvalue weighted by molar-refractivity contribution is 0.0917. The fraction of sp³-hybridized carbons (Fsp3) is 0.167. The summed E-state index contributed by atoms with van der Waals surface area (Å²) in [4.78, 5) is 12.1. The Labute approximate surface area is 134 Å². The molecule has 1 heterocycles. The van der Waals surface area contributed by atoms with Gasteiger partial charge in [-0.25, -0.2) is 0 Å². The number of carbonyl (C=O) groups is 1. The maximum Gasteiger partial charge on any atom is 0.309 e. The van der Waals surface area contributed by atoms with Gasteiger partial charge in [0.2, 0.25) is 5.89 Å². The number of hydrogen-bond acceptors (Lipinski definition) is 4. The predicted molar refractivity (Wildman–Crippen MR) is 86.8 cm³/mol. The molecule has 0 saturated carbocycles. The summed E-state index contributed by atoms with van der Waals surface area (Å²) < 4.78 is 5.45. The molecule has 0 spiro atoms. The van der Waals surface area contributed by atoms with E-state index in [1.165, 1.54) is 0 Å². The third-order valence-electron chi connectivity index (χ3n) is 3.45. The number of amides is 1. The van der Waals surface area contributed by atoms with Gasteiger partial charge in [-0.1, -0.05) is 47.5 Å². The van der Waals surface area contributed by atoms with E-state index in [2.05, 4.69) is 15.5 Å². The van der Waals surface area contributed by atoms with Crippen molar-refractivity contribution in [2.45, 2.75) is 20.4 Å². The standard InChI is InChI=1S/C18H17N3O2/c1-12-6-8-15(9-7-12)17-20-21-18(23-17)16(22)19-11-14-5-3-4-13(2)10-14/h3-10H,11H2,1-2H3,(H,19,22). The largest absolute Gasteiger partial charge is 0.412 e. The molecule has 0 bridgehead atoms. The topological polar surface area (TPSA) is 68.0 Å². The first kappa shape index (κ1) is 15.0. The van der Waals surface area contributed by atoms with Crippen molar-refractivity contribution in [3.63, 3.8) is 0 Å². The Hall–Kier alpha value is -2.95. The summed E-state index contributed by atoms with van der Waals surface area (Å²) in [5.74, 6) is -0.0729. The number of nitrogens with one attached hydrogen (secondary N) is 1. The summed E-state index contributed by atoms with van der Waals surface area (Å²) in [5, 5.41) is 10.5. The second kappa shape index (κ2) is 6.44. The highest BCUT2D eigenvalue weighted by Crippen LogP contribution is 2.18. The molecule has 0 aliphatic rings. The van der Waals surface area contributed by atoms with E-state index in [0.717, 1.165) is 22.3 Å². The Kier molecular flexibility index (Phi) is 4.19. The van der Waals surface area contributed by atoms with E-state index in [4.69, 9.17) is 4.42 Å². The Morgan fingerprint density at radius 1 is 1.04 bits per heavy atom. The van der Waals surface area contributed by atoms with Crippen LogP contribution in [0.5, 0.6) is 0 Å². The molecule has 5 nitrogen and oxygen atoms in total. The molecule has 0 saturated heterocycles. The molecule has 3 aromatic rings. The minimum absolute atomic E-state index is 0.0340. The van der Waals surface area contributed by atoms with Crippen molar-refractivity contribution in [2.24, 2.45) is 0 Å². The van der Waals surface area contributed by atoms with Gasteiger partial charge >= 0.3 is 11.8 Å². The third kappa shape index (κ3) is 3.63. The maximum absolute atomic E-state index is 12.1. The van der Waals surface area contributed by atoms with E-state index < -0.39 is 0 Å². The van der Waals surface area contributed by atoms with Gasteiger partial charge in [-0.2, -0.15) is 0 Å². The van der Waals surface area contributed by atoms with Crippen LogP contribution in [0.15, 0.2) is 52.9 Å². The molecule has 0 radical (unpaired) electrons. The zero-order valence-corrected chi connectivity index (χ0v) is 13.0. The number of benzene rings is 2. The lowest BCUT2D eigenvalue weighted by Crippen LogP contribution is -2.23. The van der Waals surface area contributed by atoms with Gasteiger partial charge in [-0.3, -0.25) is 4.79 Å². The molecule has 116 valence electrons. The monoisotopic (exact) mass is 307 g/mol. The number of nitrogens with zero attached hydrogens (tertiary/aromatic N) is 2. The summed E-state index contributed by atoms with van der Waals surface area (Å²) in [5.41, 5.74) is 4.11. The Bertz CT molecular complexity index is 822. The second-order valence-corrected chi connectivity index (χ2v) is 5.45. The number of rotatable bonds is 4. The van der Waals surface area contributed by atoms with Crippen LogP contribution in [0.25, 0.3) is 11.5 Å². The number of hydrogen-bond donors (Lipinski definition) is 1. The van der Waals surface area contributed by atoms with Gasteiger partial charge in [0, 0.05) is 12.1 Å². The van der Waals surface area contributed by atoms with Gasteiger partial charge in [-0.05, 0) is 31.5 Å². The minimum atomic E-state index is -0.377. The zero-order chi connectivity index (χ0) is 16.2. The van der Waals surface area contributed by atoms with Gasteiger partial charge in [0.05, 0.1) is 0 Å². The molecule has 1 N–H and O–H groups in total. The predicted octanol–water partition coefficient (Wildman–Crippen LogP) is 3.28. The molecule has 0 atom stereocenters. The fourth-order valence-electron chi connectivity index (χ4n) is 2.21. The molecular formula is C18H17N3O2. The lowest BCUT2D eigenvalue weighted by Gasteiger charge is -2.03. The first-order chi connectivity index (χ1) is 11.1. The van der Waals surface area contributed by atoms with Gasteiger partial charge in [0.15, 0.2) is 0 Å². The van der Waals surface area contributed by atoms with Crippen LogP contribution in [-0.4, -0.2) is 16.1 Å². The van der Waals surface area contributed by atoms with Crippen molar-refractivity contribution in [3.8, 4) is 11.5 Å². The van der Waals surface area contributed by atoms with Crippen molar-refractivity contribution in [2.75, 3.05) is 0 Å². The summed E-state index contributed by atoms with van der Waals surface area (Å²) in [6.07, 6.45) is 0. The van der Waals surface area contributed by atoms with Crippen LogP contribution < -0.4 is 5.32 Å². The lowest BCUT2D eigenvalue weighted by atomic mass is 10.1. The zero-order valence-electron chi connectivity index (χ0n) is 13.0. The van der Waals surface area contributed by atoms with Crippen LogP contribution in [0.3, 0.4) is 0 Å². The Balaban J connectivity index is 1.67. The Morgan fingerprint density at radius 3 is 2.57 bits per heavy atom. The molecule has 3 rings (SSSR count). The highest BCUT2D eigenvalue weighted by molar-refractivity contribution is 5.89. The molecule has 0 aliphatic heterocycles. The number of carbonyl (C=O) groups excluding carboxylic acids is 1. The van der Waals surface area contributed by atoms with Crippen LogP contribution in [-0.2, 0) is 6.54 Å². The maximum atomic E-state index is 12.1. The summed E-state index contributed by atoms with van der Waals surface area (Å²) >= 11 is 0. The fourth-order valence-corrected chi connectivity index (χ4v) is 2.21. The summed E-state index contributed by atoms with van der Waals surface area (Å²) in [7, 11) is 0. The van der Waals surface area contributed by atoms with E-state index in [-0.39, 0.29) is 11.8 Å². The molecule has 5 heteroatoms. The first-order valence-corrected chi connectivity index (χ1v) is 7.36. The van der Waals surface area contributed by atoms with Crippen molar-refractivity contribution >= 4 is 5.91 Å². The molecule has 0 unspecified atom stereocenters. The smallest absolute Gasteiger partial charge is 0.309 e. The normalized spacial score (nSPS) is 10.5. The van der Waals surface area contributed by atoms with Crippen LogP contribution >= 0.6 is 0 Å². The van der Waals surface area contributed by atoms with Crippen LogP contribution in [0, 0.1) is 13.8 Å². The minimum Gasteiger partial charge on any atom is -0.412 e. The van der Waals surface area contributed by atoms with E-state index in [1.54, 1.807) is 0 Å². The summed E-state index contributed by atoms with van der Waals surface area (Å²) in [6.45, 7) is 4.43. The molecule has 2 aromatic carbocycles. The van der Waals surface area contributed by atoms with Gasteiger partial charge in [-0.15, -0.1) is 10.2 Å². The van der Waals surface area contributed by atoms with Crippen LogP contribution in [0.2, 0.25) is 0 Å². The van der Waals surface area contributed by atoms with E-state index in [0.29, 0.717) is 12.4 Å². The molecular weight excluding hydrogens is 290 g/mol. The average Bonchev–Trinajstić information content (AvgIpc) is 3.03. The second-order valence-electron chi connectivity index (χ2n) is 5.45. The number of aromatic nitrogens is 2. The quantitative estimate of drug-likeness (QED) is 0.803. The van der Waals surface area contributed by atoms with Crippen LogP contribution in [0.4, 0.5) is 0 Å². The highest BCUT2D eigenvalue weighted by Gasteiger charge is 2.15. The average molecular weight is 307 g/mol. The van der Waals surface area contributed by atoms with E-state index in [9.17, 15) is 4.79 Å². The molecule has 1 amide bonds. The van der Waals surface area contributed by atoms with Crippen molar-refractivity contribution < 1.29 is 9.21 Å². The van der Waals surface area contributed by atoms with Crippen molar-refractivity contribution in [3.05, 3.63) is 71.1 Å². The van der Waals surface area contributed by atoms with Crippen molar-refractivity contribution in [1.29, 1.82) is 0 Å².